The number of likely N-dealkylation sites (N-methyl/N-ethyl adjacent to an activating group) is 1. The maximum absolute atomic E-state index is 5.48. The summed E-state index contributed by atoms with van der Waals surface area (Å²) < 4.78 is 16.4. The van der Waals surface area contributed by atoms with Gasteiger partial charge in [0.2, 0.25) is 5.75 Å². The molecule has 1 aliphatic rings. The van der Waals surface area contributed by atoms with Crippen molar-refractivity contribution in [2.24, 2.45) is 0 Å². The predicted molar refractivity (Wildman–Crippen MR) is 144 cm³/mol. The molecule has 2 aromatic heterocycles. The summed E-state index contributed by atoms with van der Waals surface area (Å²) in [5, 5.41) is 9.47. The van der Waals surface area contributed by atoms with Crippen molar-refractivity contribution in [2.75, 3.05) is 78.3 Å². The van der Waals surface area contributed by atoms with Crippen molar-refractivity contribution in [3.05, 3.63) is 29.4 Å². The molecule has 0 radical (unpaired) electrons. The van der Waals surface area contributed by atoms with E-state index < -0.39 is 0 Å². The van der Waals surface area contributed by atoms with E-state index in [1.807, 2.05) is 30.5 Å². The van der Waals surface area contributed by atoms with Crippen LogP contribution in [0.25, 0.3) is 11.3 Å². The molecule has 1 aliphatic heterocycles. The van der Waals surface area contributed by atoms with Gasteiger partial charge in [-0.2, -0.15) is 0 Å². The average Bonchev–Trinajstić information content (AvgIpc) is 3.34. The van der Waals surface area contributed by atoms with Crippen molar-refractivity contribution in [3.63, 3.8) is 0 Å². The molecule has 36 heavy (non-hydrogen) atoms. The Kier molecular flexibility index (Phi) is 8.79. The molecule has 0 aliphatic carbocycles. The molecule has 0 unspecified atom stereocenters. The van der Waals surface area contributed by atoms with E-state index in [4.69, 9.17) is 19.2 Å². The smallest absolute Gasteiger partial charge is 0.203 e. The highest BCUT2D eigenvalue weighted by Gasteiger charge is 2.16. The van der Waals surface area contributed by atoms with Gasteiger partial charge in [-0.3, -0.25) is 0 Å². The number of nitrogens with one attached hydrogen (secondary N) is 2. The van der Waals surface area contributed by atoms with Crippen LogP contribution in [-0.2, 0) is 0 Å². The summed E-state index contributed by atoms with van der Waals surface area (Å²) in [7, 11) is 6.97. The minimum absolute atomic E-state index is 0.553. The molecule has 0 atom stereocenters. The zero-order valence-corrected chi connectivity index (χ0v) is 22.4. The van der Waals surface area contributed by atoms with E-state index >= 15 is 0 Å². The number of benzene rings is 1. The first-order chi connectivity index (χ1) is 17.5. The second-order valence-corrected chi connectivity index (χ2v) is 9.55. The minimum Gasteiger partial charge on any atom is -0.493 e. The lowest BCUT2D eigenvalue weighted by Crippen LogP contribution is -2.44. The Bertz CT molecular complexity index is 1120. The topological polar surface area (TPSA) is 96.9 Å². The molecule has 10 nitrogen and oxygen atoms in total. The number of rotatable bonds is 11. The van der Waals surface area contributed by atoms with E-state index in [1.54, 1.807) is 21.3 Å². The molecule has 194 valence electrons. The van der Waals surface area contributed by atoms with Gasteiger partial charge in [0.25, 0.3) is 0 Å². The number of aryl methyl sites for hydroxylation is 1. The molecule has 0 spiro atoms. The zero-order valence-electron chi connectivity index (χ0n) is 21.6. The Morgan fingerprint density at radius 2 is 1.61 bits per heavy atom. The molecule has 1 saturated heterocycles. The maximum Gasteiger partial charge on any atom is 0.203 e. The first kappa shape index (κ1) is 25.9. The van der Waals surface area contributed by atoms with Gasteiger partial charge < -0.3 is 34.6 Å². The van der Waals surface area contributed by atoms with Gasteiger partial charge in [0.1, 0.15) is 17.5 Å². The van der Waals surface area contributed by atoms with Crippen molar-refractivity contribution in [1.82, 2.24) is 24.8 Å². The van der Waals surface area contributed by atoms with Gasteiger partial charge >= 0.3 is 0 Å². The number of ether oxygens (including phenoxy) is 3. The molecule has 3 aromatic rings. The predicted octanol–water partition coefficient (Wildman–Crippen LogP) is 3.73. The standard InChI is InChI=1S/C25H35N7O3S/c1-17-27-22(26-7-6-8-32-11-9-31(2)10-12-32)15-23(28-17)30-25-29-19(16-36-25)18-13-20(33-3)24(35-5)21(14-18)34-4/h13-16H,6-12H2,1-5H3,(H2,26,27,28,29,30). The van der Waals surface area contributed by atoms with Gasteiger partial charge in [-0.1, -0.05) is 0 Å². The summed E-state index contributed by atoms with van der Waals surface area (Å²) in [5.74, 6) is 3.94. The van der Waals surface area contributed by atoms with Gasteiger partial charge in [-0.25, -0.2) is 15.0 Å². The Morgan fingerprint density at radius 3 is 2.28 bits per heavy atom. The van der Waals surface area contributed by atoms with Crippen molar-refractivity contribution >= 4 is 28.1 Å². The van der Waals surface area contributed by atoms with Crippen LogP contribution in [0.4, 0.5) is 16.8 Å². The van der Waals surface area contributed by atoms with Crippen molar-refractivity contribution in [3.8, 4) is 28.5 Å². The average molecular weight is 514 g/mol. The van der Waals surface area contributed by atoms with E-state index in [0.29, 0.717) is 28.9 Å². The van der Waals surface area contributed by atoms with E-state index in [2.05, 4.69) is 37.4 Å². The van der Waals surface area contributed by atoms with Gasteiger partial charge in [0.15, 0.2) is 16.6 Å². The summed E-state index contributed by atoms with van der Waals surface area (Å²) in [6, 6.07) is 5.70. The summed E-state index contributed by atoms with van der Waals surface area (Å²) >= 11 is 1.50. The number of methoxy groups -OCH3 is 3. The fourth-order valence-electron chi connectivity index (χ4n) is 4.12. The summed E-state index contributed by atoms with van der Waals surface area (Å²) in [6.45, 7) is 8.43. The quantitative estimate of drug-likeness (QED) is 0.369. The Labute approximate surface area is 216 Å². The molecule has 3 heterocycles. The second-order valence-electron chi connectivity index (χ2n) is 8.69. The van der Waals surface area contributed by atoms with Crippen LogP contribution in [0.15, 0.2) is 23.6 Å². The van der Waals surface area contributed by atoms with E-state index in [-0.39, 0.29) is 0 Å². The van der Waals surface area contributed by atoms with Crippen LogP contribution in [0.1, 0.15) is 12.2 Å². The molecule has 0 bridgehead atoms. The molecule has 4 rings (SSSR count). The molecular formula is C25H35N7O3S. The zero-order chi connectivity index (χ0) is 25.5. The van der Waals surface area contributed by atoms with Crippen LogP contribution < -0.4 is 24.8 Å². The van der Waals surface area contributed by atoms with E-state index in [0.717, 1.165) is 67.9 Å². The highest BCUT2D eigenvalue weighted by atomic mass is 32.1. The number of hydrogen-bond acceptors (Lipinski definition) is 11. The van der Waals surface area contributed by atoms with Crippen LogP contribution in [-0.4, -0.2) is 92.4 Å². The summed E-state index contributed by atoms with van der Waals surface area (Å²) in [5.41, 5.74) is 1.67. The number of piperazine rings is 1. The minimum atomic E-state index is 0.553. The molecule has 2 N–H and O–H groups in total. The molecular weight excluding hydrogens is 478 g/mol. The van der Waals surface area contributed by atoms with Gasteiger partial charge in [-0.05, 0) is 39.1 Å². The maximum atomic E-state index is 5.48. The third kappa shape index (κ3) is 6.54. The largest absolute Gasteiger partial charge is 0.493 e. The lowest BCUT2D eigenvalue weighted by atomic mass is 10.1. The normalized spacial score (nSPS) is 14.5. The Hall–Kier alpha value is -3.15. The molecule has 0 amide bonds. The molecule has 1 fully saturated rings. The van der Waals surface area contributed by atoms with Gasteiger partial charge in [-0.15, -0.1) is 11.3 Å². The lowest BCUT2D eigenvalue weighted by Gasteiger charge is -2.32. The summed E-state index contributed by atoms with van der Waals surface area (Å²) in [6.07, 6.45) is 1.07. The number of thiazole rings is 1. The van der Waals surface area contributed by atoms with Crippen LogP contribution >= 0.6 is 11.3 Å². The molecule has 0 saturated carbocycles. The monoisotopic (exact) mass is 513 g/mol. The third-order valence-corrected chi connectivity index (χ3v) is 6.85. The van der Waals surface area contributed by atoms with Crippen LogP contribution in [0.2, 0.25) is 0 Å². The molecule has 11 heteroatoms. The van der Waals surface area contributed by atoms with E-state index in [1.165, 1.54) is 11.3 Å². The number of nitrogens with zero attached hydrogens (tertiary/aromatic N) is 5. The number of hydrogen-bond donors (Lipinski definition) is 2. The summed E-state index contributed by atoms with van der Waals surface area (Å²) in [4.78, 5) is 18.7. The lowest BCUT2D eigenvalue weighted by molar-refractivity contribution is 0.154. The van der Waals surface area contributed by atoms with Gasteiger partial charge in [0.05, 0.1) is 27.0 Å². The van der Waals surface area contributed by atoms with Crippen LogP contribution in [0, 0.1) is 6.92 Å². The van der Waals surface area contributed by atoms with E-state index in [9.17, 15) is 0 Å². The fraction of sp³-hybridized carbons (Fsp3) is 0.480. The molecule has 1 aromatic carbocycles. The second kappa shape index (κ2) is 12.2. The van der Waals surface area contributed by atoms with Crippen molar-refractivity contribution in [2.45, 2.75) is 13.3 Å². The van der Waals surface area contributed by atoms with Crippen LogP contribution in [0.5, 0.6) is 17.2 Å². The van der Waals surface area contributed by atoms with Crippen molar-refractivity contribution < 1.29 is 14.2 Å². The highest BCUT2D eigenvalue weighted by molar-refractivity contribution is 7.14. The third-order valence-electron chi connectivity index (χ3n) is 6.09. The fourth-order valence-corrected chi connectivity index (χ4v) is 4.84. The van der Waals surface area contributed by atoms with Crippen molar-refractivity contribution in [1.29, 1.82) is 0 Å². The number of anilines is 3. The Morgan fingerprint density at radius 1 is 0.917 bits per heavy atom. The first-order valence-electron chi connectivity index (χ1n) is 12.0. The first-order valence-corrected chi connectivity index (χ1v) is 12.9. The number of aromatic nitrogens is 3. The SMILES string of the molecule is COc1cc(-c2csc(Nc3cc(NCCCN4CCN(C)CC4)nc(C)n3)n2)cc(OC)c1OC. The highest BCUT2D eigenvalue weighted by Crippen LogP contribution is 2.41. The van der Waals surface area contributed by atoms with Gasteiger partial charge in [0, 0.05) is 49.7 Å². The van der Waals surface area contributed by atoms with Crippen LogP contribution in [0.3, 0.4) is 0 Å². The Balaban J connectivity index is 1.38.